The number of fused-ring (bicyclic) bond motifs is 2. The van der Waals surface area contributed by atoms with Gasteiger partial charge < -0.3 is 14.1 Å². The summed E-state index contributed by atoms with van der Waals surface area (Å²) in [5.41, 5.74) is 2.76. The van der Waals surface area contributed by atoms with Crippen LogP contribution in [0.5, 0.6) is 0 Å². The maximum atomic E-state index is 13.7. The largest absolute Gasteiger partial charge is 0.450 e. The molecule has 2 aliphatic rings. The molecular weight excluding hydrogens is 472 g/mol. The summed E-state index contributed by atoms with van der Waals surface area (Å²) in [6.45, 7) is 6.39. The van der Waals surface area contributed by atoms with Crippen molar-refractivity contribution in [3.05, 3.63) is 79.6 Å². The molecule has 0 bridgehead atoms. The van der Waals surface area contributed by atoms with E-state index in [0.29, 0.717) is 36.3 Å². The number of ether oxygens (including phenoxy) is 1. The van der Waals surface area contributed by atoms with E-state index in [4.69, 9.17) is 9.15 Å². The van der Waals surface area contributed by atoms with Gasteiger partial charge >= 0.3 is 0 Å². The lowest BCUT2D eigenvalue weighted by atomic mass is 9.98. The zero-order valence-electron chi connectivity index (χ0n) is 18.0. The van der Waals surface area contributed by atoms with Gasteiger partial charge in [-0.2, -0.15) is 0 Å². The van der Waals surface area contributed by atoms with E-state index in [1.54, 1.807) is 11.0 Å². The van der Waals surface area contributed by atoms with Gasteiger partial charge in [0, 0.05) is 30.7 Å². The van der Waals surface area contributed by atoms with Crippen molar-refractivity contribution in [3.63, 3.8) is 0 Å². The first-order valence-corrected chi connectivity index (χ1v) is 11.8. The second-order valence-electron chi connectivity index (χ2n) is 8.26. The van der Waals surface area contributed by atoms with Crippen molar-refractivity contribution < 1.29 is 13.9 Å². The van der Waals surface area contributed by atoms with Gasteiger partial charge in [0.25, 0.3) is 5.91 Å². The Balaban J connectivity index is 1.60. The summed E-state index contributed by atoms with van der Waals surface area (Å²) < 4.78 is 12.4. The zero-order chi connectivity index (χ0) is 22.2. The number of benzene rings is 2. The molecule has 166 valence electrons. The highest BCUT2D eigenvalue weighted by atomic mass is 79.9. The molecule has 0 N–H and O–H groups in total. The van der Waals surface area contributed by atoms with Crippen LogP contribution in [0.2, 0.25) is 0 Å². The van der Waals surface area contributed by atoms with Crippen LogP contribution in [0.1, 0.15) is 40.2 Å². The molecule has 6 nitrogen and oxygen atoms in total. The fraction of sp³-hybridized carbons (Fsp3) is 0.360. The summed E-state index contributed by atoms with van der Waals surface area (Å²) >= 11 is 3.48. The number of aryl methyl sites for hydroxylation is 1. The Labute approximate surface area is 194 Å². The van der Waals surface area contributed by atoms with Crippen molar-refractivity contribution in [2.75, 3.05) is 39.4 Å². The zero-order valence-corrected chi connectivity index (χ0v) is 19.6. The molecule has 0 saturated carbocycles. The van der Waals surface area contributed by atoms with Crippen molar-refractivity contribution >= 4 is 32.8 Å². The fourth-order valence-electron chi connectivity index (χ4n) is 4.58. The van der Waals surface area contributed by atoms with Crippen LogP contribution in [0.25, 0.3) is 11.0 Å². The summed E-state index contributed by atoms with van der Waals surface area (Å²) in [7, 11) is 0. The highest BCUT2D eigenvalue weighted by Crippen LogP contribution is 2.38. The van der Waals surface area contributed by atoms with Crippen molar-refractivity contribution in [1.29, 1.82) is 0 Å². The van der Waals surface area contributed by atoms with Crippen molar-refractivity contribution in [3.8, 4) is 0 Å². The lowest BCUT2D eigenvalue weighted by molar-refractivity contribution is 0.0314. The maximum Gasteiger partial charge on any atom is 0.290 e. The number of carbonyl (C=O) groups excluding carboxylic acids is 1. The van der Waals surface area contributed by atoms with Crippen LogP contribution in [0.15, 0.2) is 56.1 Å². The van der Waals surface area contributed by atoms with Gasteiger partial charge in [-0.05, 0) is 41.8 Å². The molecule has 1 fully saturated rings. The van der Waals surface area contributed by atoms with Crippen molar-refractivity contribution in [1.82, 2.24) is 9.80 Å². The molecule has 5 rings (SSSR count). The number of nitrogens with zero attached hydrogens (tertiary/aromatic N) is 2. The van der Waals surface area contributed by atoms with E-state index < -0.39 is 6.04 Å². The van der Waals surface area contributed by atoms with Gasteiger partial charge in [0.2, 0.25) is 5.76 Å². The van der Waals surface area contributed by atoms with E-state index in [1.807, 2.05) is 36.4 Å². The first-order chi connectivity index (χ1) is 15.6. The third-order valence-electron chi connectivity index (χ3n) is 6.38. The van der Waals surface area contributed by atoms with E-state index in [2.05, 4.69) is 27.8 Å². The molecule has 7 heteroatoms. The summed E-state index contributed by atoms with van der Waals surface area (Å²) in [4.78, 5) is 31.2. The highest BCUT2D eigenvalue weighted by Gasteiger charge is 2.42. The molecule has 1 saturated heterocycles. The Kier molecular flexibility index (Phi) is 5.88. The number of morpholine rings is 1. The number of hydrogen-bond acceptors (Lipinski definition) is 5. The number of hydrogen-bond donors (Lipinski definition) is 0. The predicted octanol–water partition coefficient (Wildman–Crippen LogP) is 4.00. The quantitative estimate of drug-likeness (QED) is 0.534. The minimum atomic E-state index is -0.461. The Bertz CT molecular complexity index is 1220. The van der Waals surface area contributed by atoms with E-state index >= 15 is 0 Å². The molecule has 1 atom stereocenters. The van der Waals surface area contributed by atoms with E-state index in [-0.39, 0.29) is 17.1 Å². The van der Waals surface area contributed by atoms with Gasteiger partial charge in [0.1, 0.15) is 5.58 Å². The fourth-order valence-corrected chi connectivity index (χ4v) is 4.85. The van der Waals surface area contributed by atoms with Crippen LogP contribution in [-0.4, -0.2) is 55.1 Å². The Morgan fingerprint density at radius 2 is 1.78 bits per heavy atom. The van der Waals surface area contributed by atoms with Gasteiger partial charge in [0.15, 0.2) is 5.43 Å². The highest BCUT2D eigenvalue weighted by molar-refractivity contribution is 9.10. The molecule has 3 aromatic rings. The lowest BCUT2D eigenvalue weighted by Gasteiger charge is -2.31. The Hall–Kier alpha value is -2.48. The molecule has 0 aliphatic carbocycles. The van der Waals surface area contributed by atoms with Crippen LogP contribution < -0.4 is 5.43 Å². The molecule has 32 heavy (non-hydrogen) atoms. The summed E-state index contributed by atoms with van der Waals surface area (Å²) in [5.74, 6) is -0.0543. The standard InChI is InChI=1S/C25H25BrN2O4/c1-2-16-3-8-20-19(15-16)23(29)21-22(17-4-6-18(26)7-5-17)28(25(30)24(21)32-20)10-9-27-11-13-31-14-12-27/h3-8,15,22H,2,9-14H2,1H3. The molecule has 1 aromatic heterocycles. The van der Waals surface area contributed by atoms with Gasteiger partial charge in [-0.1, -0.05) is 41.1 Å². The van der Waals surface area contributed by atoms with Crippen LogP contribution in [0.3, 0.4) is 0 Å². The lowest BCUT2D eigenvalue weighted by Crippen LogP contribution is -2.42. The maximum absolute atomic E-state index is 13.7. The van der Waals surface area contributed by atoms with E-state index in [1.165, 1.54) is 0 Å². The predicted molar refractivity (Wildman–Crippen MR) is 126 cm³/mol. The number of amides is 1. The van der Waals surface area contributed by atoms with E-state index in [0.717, 1.165) is 41.7 Å². The van der Waals surface area contributed by atoms with Gasteiger partial charge in [-0.15, -0.1) is 0 Å². The Morgan fingerprint density at radius 1 is 1.03 bits per heavy atom. The van der Waals surface area contributed by atoms with Crippen LogP contribution in [0.4, 0.5) is 0 Å². The first kappa shape index (κ1) is 21.4. The van der Waals surface area contributed by atoms with Crippen molar-refractivity contribution in [2.45, 2.75) is 19.4 Å². The molecular formula is C25H25BrN2O4. The van der Waals surface area contributed by atoms with Crippen LogP contribution in [-0.2, 0) is 11.2 Å². The summed E-state index contributed by atoms with van der Waals surface area (Å²) in [6.07, 6.45) is 0.827. The number of rotatable bonds is 5. The molecule has 2 aromatic carbocycles. The van der Waals surface area contributed by atoms with Gasteiger partial charge in [-0.25, -0.2) is 0 Å². The molecule has 1 unspecified atom stereocenters. The number of carbonyl (C=O) groups is 1. The Morgan fingerprint density at radius 3 is 2.50 bits per heavy atom. The molecule has 0 spiro atoms. The number of halogens is 1. The van der Waals surface area contributed by atoms with E-state index in [9.17, 15) is 9.59 Å². The van der Waals surface area contributed by atoms with Gasteiger partial charge in [-0.3, -0.25) is 14.5 Å². The topological polar surface area (TPSA) is 63.0 Å². The minimum absolute atomic E-state index is 0.119. The first-order valence-electron chi connectivity index (χ1n) is 11.0. The molecule has 0 radical (unpaired) electrons. The molecule has 1 amide bonds. The molecule has 3 heterocycles. The van der Waals surface area contributed by atoms with Crippen molar-refractivity contribution in [2.24, 2.45) is 0 Å². The third kappa shape index (κ3) is 3.78. The normalized spacial score (nSPS) is 19.0. The average Bonchev–Trinajstić information content (AvgIpc) is 3.10. The van der Waals surface area contributed by atoms with Crippen LogP contribution in [0, 0.1) is 0 Å². The smallest absolute Gasteiger partial charge is 0.290 e. The second-order valence-corrected chi connectivity index (χ2v) is 9.18. The minimum Gasteiger partial charge on any atom is -0.450 e. The molecule has 2 aliphatic heterocycles. The summed E-state index contributed by atoms with van der Waals surface area (Å²) in [6, 6.07) is 13.0. The van der Waals surface area contributed by atoms with Crippen LogP contribution >= 0.6 is 15.9 Å². The third-order valence-corrected chi connectivity index (χ3v) is 6.91. The SMILES string of the molecule is CCc1ccc2oc3c(c(=O)c2c1)C(c1ccc(Br)cc1)N(CCN1CCOCC1)C3=O. The van der Waals surface area contributed by atoms with Gasteiger partial charge in [0.05, 0.1) is 30.2 Å². The monoisotopic (exact) mass is 496 g/mol. The second kappa shape index (κ2) is 8.81. The summed E-state index contributed by atoms with van der Waals surface area (Å²) in [5, 5.41) is 0.535. The average molecular weight is 497 g/mol.